The van der Waals surface area contributed by atoms with Gasteiger partial charge in [0.1, 0.15) is 11.5 Å². The Morgan fingerprint density at radius 1 is 0.647 bits per heavy atom. The average Bonchev–Trinajstić information content (AvgIpc) is 2.76. The Bertz CT molecular complexity index is 1160. The molecule has 0 aliphatic carbocycles. The van der Waals surface area contributed by atoms with Crippen molar-refractivity contribution < 1.29 is 19.1 Å². The van der Waals surface area contributed by atoms with Gasteiger partial charge in [0.25, 0.3) is 0 Å². The van der Waals surface area contributed by atoms with Crippen molar-refractivity contribution in [1.29, 1.82) is 0 Å². The van der Waals surface area contributed by atoms with E-state index >= 15 is 0 Å². The van der Waals surface area contributed by atoms with E-state index in [4.69, 9.17) is 14.5 Å². The second kappa shape index (κ2) is 10.8. The fraction of sp³-hybridized carbons (Fsp3) is 0.207. The van der Waals surface area contributed by atoms with E-state index in [0.717, 1.165) is 44.8 Å². The lowest BCUT2D eigenvalue weighted by Gasteiger charge is -2.10. The number of pyridine rings is 1. The van der Waals surface area contributed by atoms with Gasteiger partial charge in [0.05, 0.1) is 11.4 Å². The molecule has 1 aromatic heterocycles. The molecule has 0 saturated carbocycles. The molecule has 1 heterocycles. The summed E-state index contributed by atoms with van der Waals surface area (Å²) < 4.78 is 10.6. The molecule has 5 nitrogen and oxygen atoms in total. The third-order valence-electron chi connectivity index (χ3n) is 5.14. The minimum absolute atomic E-state index is 0.325. The zero-order chi connectivity index (χ0) is 24.8. The van der Waals surface area contributed by atoms with Crippen molar-refractivity contribution in [1.82, 2.24) is 4.98 Å². The molecule has 0 fully saturated rings. The molecule has 0 aliphatic heterocycles. The lowest BCUT2D eigenvalue weighted by atomic mass is 10.0. The molecule has 0 atom stereocenters. The SMILES string of the molecule is CC(=O)Oc1c(C)cc(C=Cc2cccc(C=Cc3cc(C)c(OC(C)=O)c(C)c3)n2)cc1C. The first kappa shape index (κ1) is 24.6. The van der Waals surface area contributed by atoms with Crippen molar-refractivity contribution >= 4 is 36.2 Å². The summed E-state index contributed by atoms with van der Waals surface area (Å²) in [5.74, 6) is 0.575. The summed E-state index contributed by atoms with van der Waals surface area (Å²) in [7, 11) is 0. The summed E-state index contributed by atoms with van der Waals surface area (Å²) in [6.45, 7) is 10.5. The summed E-state index contributed by atoms with van der Waals surface area (Å²) in [5.41, 5.74) is 7.31. The number of carbonyl (C=O) groups is 2. The Morgan fingerprint density at radius 3 is 1.32 bits per heavy atom. The number of carbonyl (C=O) groups excluding carboxylic acids is 2. The zero-order valence-electron chi connectivity index (χ0n) is 20.4. The molecule has 3 rings (SSSR count). The number of ether oxygens (including phenoxy) is 2. The highest BCUT2D eigenvalue weighted by molar-refractivity contribution is 5.75. The van der Waals surface area contributed by atoms with Crippen molar-refractivity contribution in [3.05, 3.63) is 87.2 Å². The number of nitrogens with zero attached hydrogens (tertiary/aromatic N) is 1. The minimum Gasteiger partial charge on any atom is -0.426 e. The van der Waals surface area contributed by atoms with E-state index in [0.29, 0.717) is 11.5 Å². The highest BCUT2D eigenvalue weighted by Crippen LogP contribution is 2.27. The smallest absolute Gasteiger partial charge is 0.308 e. The van der Waals surface area contributed by atoms with E-state index in [9.17, 15) is 9.59 Å². The standard InChI is InChI=1S/C29H29NO4/c1-18-14-24(15-19(2)28(18)33-22(5)31)10-12-26-8-7-9-27(30-26)13-11-25-16-20(3)29(21(4)17-25)34-23(6)32/h7-17H,1-6H3. The first-order valence-corrected chi connectivity index (χ1v) is 11.0. The van der Waals surface area contributed by atoms with E-state index < -0.39 is 0 Å². The normalized spacial score (nSPS) is 11.2. The number of esters is 2. The third kappa shape index (κ3) is 6.51. The molecule has 0 saturated heterocycles. The van der Waals surface area contributed by atoms with Gasteiger partial charge in [0.15, 0.2) is 0 Å². The van der Waals surface area contributed by atoms with Gasteiger partial charge in [-0.25, -0.2) is 4.98 Å². The van der Waals surface area contributed by atoms with E-state index in [1.807, 2.05) is 94.5 Å². The van der Waals surface area contributed by atoms with Crippen molar-refractivity contribution in [3.63, 3.8) is 0 Å². The monoisotopic (exact) mass is 455 g/mol. The maximum atomic E-state index is 11.3. The van der Waals surface area contributed by atoms with Gasteiger partial charge >= 0.3 is 11.9 Å². The number of hydrogen-bond donors (Lipinski definition) is 0. The lowest BCUT2D eigenvalue weighted by Crippen LogP contribution is -2.04. The molecule has 0 spiro atoms. The molecular weight excluding hydrogens is 426 g/mol. The Labute approximate surface area is 200 Å². The largest absolute Gasteiger partial charge is 0.426 e. The van der Waals surface area contributed by atoms with Crippen LogP contribution in [0.25, 0.3) is 24.3 Å². The van der Waals surface area contributed by atoms with Crippen LogP contribution in [0.5, 0.6) is 11.5 Å². The lowest BCUT2D eigenvalue weighted by molar-refractivity contribution is -0.132. The fourth-order valence-corrected chi connectivity index (χ4v) is 3.79. The van der Waals surface area contributed by atoms with Crippen LogP contribution in [-0.2, 0) is 9.59 Å². The van der Waals surface area contributed by atoms with Gasteiger partial charge in [-0.1, -0.05) is 18.2 Å². The zero-order valence-corrected chi connectivity index (χ0v) is 20.4. The molecule has 174 valence electrons. The maximum absolute atomic E-state index is 11.3. The second-order valence-electron chi connectivity index (χ2n) is 8.31. The molecule has 0 bridgehead atoms. The molecule has 2 aromatic carbocycles. The Kier molecular flexibility index (Phi) is 7.79. The molecule has 0 radical (unpaired) electrons. The number of aryl methyl sites for hydroxylation is 4. The van der Waals surface area contributed by atoms with E-state index in [-0.39, 0.29) is 11.9 Å². The van der Waals surface area contributed by atoms with Gasteiger partial charge in [-0.15, -0.1) is 0 Å². The van der Waals surface area contributed by atoms with Crippen LogP contribution >= 0.6 is 0 Å². The van der Waals surface area contributed by atoms with Crippen molar-refractivity contribution in [2.75, 3.05) is 0 Å². The van der Waals surface area contributed by atoms with Crippen molar-refractivity contribution in [3.8, 4) is 11.5 Å². The van der Waals surface area contributed by atoms with Gasteiger partial charge < -0.3 is 9.47 Å². The number of hydrogen-bond acceptors (Lipinski definition) is 5. The molecular formula is C29H29NO4. The molecule has 0 N–H and O–H groups in total. The van der Waals surface area contributed by atoms with Crippen LogP contribution in [-0.4, -0.2) is 16.9 Å². The van der Waals surface area contributed by atoms with Crippen LogP contribution in [0.1, 0.15) is 58.6 Å². The first-order valence-electron chi connectivity index (χ1n) is 11.0. The van der Waals surface area contributed by atoms with Crippen LogP contribution in [0.4, 0.5) is 0 Å². The topological polar surface area (TPSA) is 65.5 Å². The van der Waals surface area contributed by atoms with Gasteiger partial charge in [-0.2, -0.15) is 0 Å². The maximum Gasteiger partial charge on any atom is 0.308 e. The third-order valence-corrected chi connectivity index (χ3v) is 5.14. The predicted octanol–water partition coefficient (Wildman–Crippen LogP) is 6.51. The summed E-state index contributed by atoms with van der Waals surface area (Å²) in [6.07, 6.45) is 7.90. The molecule has 3 aromatic rings. The Balaban J connectivity index is 1.78. The minimum atomic E-state index is -0.325. The van der Waals surface area contributed by atoms with Crippen LogP contribution < -0.4 is 9.47 Å². The van der Waals surface area contributed by atoms with Gasteiger partial charge in [-0.05, 0) is 110 Å². The molecule has 0 unspecified atom stereocenters. The van der Waals surface area contributed by atoms with Crippen molar-refractivity contribution in [2.24, 2.45) is 0 Å². The quantitative estimate of drug-likeness (QED) is 0.313. The second-order valence-corrected chi connectivity index (χ2v) is 8.31. The van der Waals surface area contributed by atoms with Crippen molar-refractivity contribution in [2.45, 2.75) is 41.5 Å². The van der Waals surface area contributed by atoms with E-state index in [1.165, 1.54) is 13.8 Å². The highest BCUT2D eigenvalue weighted by Gasteiger charge is 2.09. The van der Waals surface area contributed by atoms with Gasteiger partial charge in [0.2, 0.25) is 0 Å². The summed E-state index contributed by atoms with van der Waals surface area (Å²) in [6, 6.07) is 13.8. The molecule has 5 heteroatoms. The number of rotatable bonds is 6. The predicted molar refractivity (Wildman–Crippen MR) is 137 cm³/mol. The van der Waals surface area contributed by atoms with E-state index in [2.05, 4.69) is 0 Å². The van der Waals surface area contributed by atoms with Crippen LogP contribution in [0, 0.1) is 27.7 Å². The Morgan fingerprint density at radius 2 is 1.00 bits per heavy atom. The highest BCUT2D eigenvalue weighted by atomic mass is 16.5. The van der Waals surface area contributed by atoms with Crippen LogP contribution in [0.2, 0.25) is 0 Å². The molecule has 34 heavy (non-hydrogen) atoms. The molecule has 0 amide bonds. The summed E-state index contributed by atoms with van der Waals surface area (Å²) in [4.78, 5) is 27.3. The molecule has 0 aliphatic rings. The van der Waals surface area contributed by atoms with Gasteiger partial charge in [-0.3, -0.25) is 9.59 Å². The summed E-state index contributed by atoms with van der Waals surface area (Å²) in [5, 5.41) is 0. The summed E-state index contributed by atoms with van der Waals surface area (Å²) >= 11 is 0. The number of aromatic nitrogens is 1. The van der Waals surface area contributed by atoms with Crippen LogP contribution in [0.3, 0.4) is 0 Å². The average molecular weight is 456 g/mol. The van der Waals surface area contributed by atoms with E-state index in [1.54, 1.807) is 0 Å². The van der Waals surface area contributed by atoms with Gasteiger partial charge in [0, 0.05) is 13.8 Å². The Hall–Kier alpha value is -3.99. The van der Waals surface area contributed by atoms with Crippen LogP contribution in [0.15, 0.2) is 42.5 Å². The number of benzene rings is 2. The first-order chi connectivity index (χ1) is 16.1. The fourth-order valence-electron chi connectivity index (χ4n) is 3.79.